The van der Waals surface area contributed by atoms with Crippen molar-refractivity contribution in [2.45, 2.75) is 45.1 Å². The fourth-order valence-corrected chi connectivity index (χ4v) is 2.25. The van der Waals surface area contributed by atoms with Crippen LogP contribution in [0.25, 0.3) is 0 Å². The number of aliphatic hydroxyl groups excluding tert-OH is 2. The summed E-state index contributed by atoms with van der Waals surface area (Å²) in [4.78, 5) is 18.0. The fraction of sp³-hybridized carbons (Fsp3) is 0.600. The Kier molecular flexibility index (Phi) is 5.00. The quantitative estimate of drug-likeness (QED) is 0.770. The van der Waals surface area contributed by atoms with Crippen molar-refractivity contribution in [1.29, 1.82) is 0 Å². The number of β-amino-alcohol motifs (C(OH)–C–C–N with tert-alkyl or cyclic N) is 2. The smallest absolute Gasteiger partial charge is 0.413 e. The summed E-state index contributed by atoms with van der Waals surface area (Å²) in [6.07, 6.45) is -1.99. The number of anilines is 1. The zero-order valence-electron chi connectivity index (χ0n) is 13.1. The molecule has 1 fully saturated rings. The molecule has 7 nitrogen and oxygen atoms in total. The van der Waals surface area contributed by atoms with E-state index in [0.29, 0.717) is 25.5 Å². The molecule has 3 N–H and O–H groups in total. The highest BCUT2D eigenvalue weighted by atomic mass is 16.6. The van der Waals surface area contributed by atoms with Crippen LogP contribution in [0.4, 0.5) is 10.6 Å². The van der Waals surface area contributed by atoms with Crippen LogP contribution in [0.3, 0.4) is 0 Å². The Hall–Kier alpha value is -1.70. The number of likely N-dealkylation sites (tertiary alicyclic amines) is 1. The number of nitrogens with one attached hydrogen (secondary N) is 1. The second-order valence-corrected chi connectivity index (χ2v) is 6.47. The van der Waals surface area contributed by atoms with E-state index in [1.54, 1.807) is 32.9 Å². The summed E-state index contributed by atoms with van der Waals surface area (Å²) < 4.78 is 5.18. The number of pyridine rings is 1. The Morgan fingerprint density at radius 1 is 1.36 bits per heavy atom. The molecule has 0 spiro atoms. The highest BCUT2D eigenvalue weighted by Gasteiger charge is 2.29. The number of aromatic nitrogens is 1. The Balaban J connectivity index is 1.94. The summed E-state index contributed by atoms with van der Waals surface area (Å²) >= 11 is 0. The maximum absolute atomic E-state index is 11.7. The van der Waals surface area contributed by atoms with Crippen LogP contribution in [0.5, 0.6) is 0 Å². The van der Waals surface area contributed by atoms with Crippen molar-refractivity contribution in [3.8, 4) is 0 Å². The molecule has 0 radical (unpaired) electrons. The van der Waals surface area contributed by atoms with Gasteiger partial charge in [0.15, 0.2) is 0 Å². The zero-order chi connectivity index (χ0) is 16.3. The molecule has 0 aromatic carbocycles. The monoisotopic (exact) mass is 309 g/mol. The van der Waals surface area contributed by atoms with Gasteiger partial charge in [0.05, 0.1) is 17.9 Å². The minimum absolute atomic E-state index is 0.409. The largest absolute Gasteiger partial charge is 0.444 e. The first-order chi connectivity index (χ1) is 10.2. The van der Waals surface area contributed by atoms with Crippen LogP contribution in [0.2, 0.25) is 0 Å². The average molecular weight is 309 g/mol. The van der Waals surface area contributed by atoms with Gasteiger partial charge in [0.1, 0.15) is 11.4 Å². The van der Waals surface area contributed by atoms with Crippen LogP contribution in [0.15, 0.2) is 18.2 Å². The molecule has 0 unspecified atom stereocenters. The molecule has 7 heteroatoms. The van der Waals surface area contributed by atoms with E-state index in [1.165, 1.54) is 0 Å². The van der Waals surface area contributed by atoms with Gasteiger partial charge in [-0.15, -0.1) is 0 Å². The molecule has 22 heavy (non-hydrogen) atoms. The van der Waals surface area contributed by atoms with Gasteiger partial charge in [0.2, 0.25) is 0 Å². The third kappa shape index (κ3) is 4.94. The van der Waals surface area contributed by atoms with Crippen LogP contribution in [-0.2, 0) is 11.3 Å². The molecule has 0 aliphatic carbocycles. The van der Waals surface area contributed by atoms with E-state index in [9.17, 15) is 15.0 Å². The minimum Gasteiger partial charge on any atom is -0.444 e. The van der Waals surface area contributed by atoms with Gasteiger partial charge >= 0.3 is 6.09 Å². The first-order valence-electron chi connectivity index (χ1n) is 7.27. The van der Waals surface area contributed by atoms with Crippen molar-refractivity contribution in [3.63, 3.8) is 0 Å². The summed E-state index contributed by atoms with van der Waals surface area (Å²) in [5.41, 5.74) is 0.179. The predicted molar refractivity (Wildman–Crippen MR) is 81.4 cm³/mol. The lowest BCUT2D eigenvalue weighted by Crippen LogP contribution is -2.27. The van der Waals surface area contributed by atoms with Crippen LogP contribution >= 0.6 is 0 Å². The van der Waals surface area contributed by atoms with Crippen LogP contribution < -0.4 is 5.32 Å². The van der Waals surface area contributed by atoms with Crippen molar-refractivity contribution in [2.75, 3.05) is 18.4 Å². The lowest BCUT2D eigenvalue weighted by Gasteiger charge is -2.19. The van der Waals surface area contributed by atoms with Gasteiger partial charge in [-0.1, -0.05) is 6.07 Å². The van der Waals surface area contributed by atoms with Gasteiger partial charge in [-0.05, 0) is 32.9 Å². The number of nitrogens with zero attached hydrogens (tertiary/aromatic N) is 2. The second-order valence-electron chi connectivity index (χ2n) is 6.47. The topological polar surface area (TPSA) is 94.9 Å². The maximum atomic E-state index is 11.7. The van der Waals surface area contributed by atoms with Crippen LogP contribution in [-0.4, -0.2) is 57.1 Å². The van der Waals surface area contributed by atoms with E-state index in [0.717, 1.165) is 5.69 Å². The number of carbonyl (C=O) groups is 1. The van der Waals surface area contributed by atoms with Gasteiger partial charge in [-0.2, -0.15) is 0 Å². The molecule has 0 bridgehead atoms. The molecule has 0 saturated carbocycles. The molecule has 2 heterocycles. The summed E-state index contributed by atoms with van der Waals surface area (Å²) in [5, 5.41) is 21.7. The lowest BCUT2D eigenvalue weighted by molar-refractivity contribution is 0.0572. The number of aliphatic hydroxyl groups is 2. The second kappa shape index (κ2) is 6.60. The Bertz CT molecular complexity index is 520. The number of amides is 1. The molecule has 2 atom stereocenters. The van der Waals surface area contributed by atoms with Gasteiger partial charge in [0, 0.05) is 19.6 Å². The number of hydrogen-bond donors (Lipinski definition) is 3. The van der Waals surface area contributed by atoms with E-state index >= 15 is 0 Å². The van der Waals surface area contributed by atoms with Crippen molar-refractivity contribution < 1.29 is 19.7 Å². The third-order valence-corrected chi connectivity index (χ3v) is 3.16. The molecule has 122 valence electrons. The molecule has 1 aromatic heterocycles. The zero-order valence-corrected chi connectivity index (χ0v) is 13.1. The van der Waals surface area contributed by atoms with Gasteiger partial charge in [-0.25, -0.2) is 9.78 Å². The molecule has 1 amide bonds. The molecule has 1 saturated heterocycles. The van der Waals surface area contributed by atoms with Crippen molar-refractivity contribution in [2.24, 2.45) is 0 Å². The van der Waals surface area contributed by atoms with Gasteiger partial charge in [0.25, 0.3) is 0 Å². The average Bonchev–Trinajstić information content (AvgIpc) is 2.66. The summed E-state index contributed by atoms with van der Waals surface area (Å²) in [5.74, 6) is 0.409. The summed E-state index contributed by atoms with van der Waals surface area (Å²) in [6.45, 7) is 6.69. The molecule has 2 rings (SSSR count). The Morgan fingerprint density at radius 2 is 2.00 bits per heavy atom. The lowest BCUT2D eigenvalue weighted by atomic mass is 10.2. The van der Waals surface area contributed by atoms with Gasteiger partial charge in [-0.3, -0.25) is 10.2 Å². The van der Waals surface area contributed by atoms with Crippen LogP contribution in [0, 0.1) is 0 Å². The third-order valence-electron chi connectivity index (χ3n) is 3.16. The highest BCUT2D eigenvalue weighted by molar-refractivity contribution is 5.83. The molecular formula is C15H23N3O4. The van der Waals surface area contributed by atoms with E-state index in [1.807, 2.05) is 11.0 Å². The molecule has 1 aliphatic rings. The molecular weight excluding hydrogens is 286 g/mol. The first-order valence-corrected chi connectivity index (χ1v) is 7.27. The first kappa shape index (κ1) is 16.7. The highest BCUT2D eigenvalue weighted by Crippen LogP contribution is 2.15. The van der Waals surface area contributed by atoms with Crippen molar-refractivity contribution >= 4 is 11.9 Å². The molecule has 1 aromatic rings. The summed E-state index contributed by atoms with van der Waals surface area (Å²) in [6, 6.07) is 5.30. The van der Waals surface area contributed by atoms with Crippen molar-refractivity contribution in [1.82, 2.24) is 9.88 Å². The fourth-order valence-electron chi connectivity index (χ4n) is 2.25. The van der Waals surface area contributed by atoms with E-state index in [-0.39, 0.29) is 0 Å². The summed E-state index contributed by atoms with van der Waals surface area (Å²) in [7, 11) is 0. The van der Waals surface area contributed by atoms with Crippen LogP contribution in [0.1, 0.15) is 26.5 Å². The number of rotatable bonds is 3. The maximum Gasteiger partial charge on any atom is 0.413 e. The minimum atomic E-state index is -0.719. The SMILES string of the molecule is CC(C)(C)OC(=O)Nc1cccc(CN2C[C@@H](O)[C@@H](O)C2)n1. The Morgan fingerprint density at radius 3 is 2.59 bits per heavy atom. The van der Waals surface area contributed by atoms with Crippen molar-refractivity contribution in [3.05, 3.63) is 23.9 Å². The molecule has 1 aliphatic heterocycles. The van der Waals surface area contributed by atoms with E-state index in [2.05, 4.69) is 10.3 Å². The van der Waals surface area contributed by atoms with Gasteiger partial charge < -0.3 is 14.9 Å². The number of ether oxygens (including phenoxy) is 1. The normalized spacial score (nSPS) is 22.6. The van der Waals surface area contributed by atoms with E-state index < -0.39 is 23.9 Å². The number of carbonyl (C=O) groups excluding carboxylic acids is 1. The van der Waals surface area contributed by atoms with E-state index in [4.69, 9.17) is 4.74 Å². The number of hydrogen-bond acceptors (Lipinski definition) is 6. The standard InChI is InChI=1S/C15H23N3O4/c1-15(2,3)22-14(21)17-13-6-4-5-10(16-13)7-18-8-11(19)12(20)9-18/h4-6,11-12,19-20H,7-9H2,1-3H3,(H,16,17,21)/t11-,12+. The Labute approximate surface area is 129 Å². The predicted octanol–water partition coefficient (Wildman–Crippen LogP) is 0.966.